The lowest BCUT2D eigenvalue weighted by Gasteiger charge is -2.18. The molecule has 6 rings (SSSR count). The van der Waals surface area contributed by atoms with Crippen molar-refractivity contribution in [1.82, 2.24) is 40.6 Å². The van der Waals surface area contributed by atoms with Gasteiger partial charge in [-0.15, -0.1) is 10.2 Å². The van der Waals surface area contributed by atoms with Gasteiger partial charge in [0.15, 0.2) is 18.3 Å². The van der Waals surface area contributed by atoms with Gasteiger partial charge < -0.3 is 107 Å². The SMILES string of the molecule is CN(C)c1ccc(/N=N/c2ccc(C(=O)NCCCOCC(O)COP(=O)(O)OCOP(=O)(O)OCCOCCOCCOCCOCCOCCOP(=O)(O)OCCOCCOCCOCCOCCOCCOP(=O)(O)OCCCCCCNC(=O)c3cc(OCc4cn(C)nn4)c(OCC4=CCN=N4)c(OCc4cn(C)nn4)c3)cc2)cc1. The zero-order chi connectivity index (χ0) is 86.9. The molecule has 46 nitrogen and oxygen atoms in total. The van der Waals surface area contributed by atoms with Crippen LogP contribution >= 0.6 is 31.3 Å². The van der Waals surface area contributed by atoms with Crippen LogP contribution in [0.3, 0.4) is 0 Å². The molecule has 0 radical (unpaired) electrons. The van der Waals surface area contributed by atoms with Gasteiger partial charge in [-0.05, 0) is 86.0 Å². The Morgan fingerprint density at radius 2 is 0.835 bits per heavy atom. The Labute approximate surface area is 700 Å². The summed E-state index contributed by atoms with van der Waals surface area (Å²) in [6.45, 7) is 2.04. The number of nitrogens with zero attached hydrogens (tertiary/aromatic N) is 11. The quantitative estimate of drug-likeness (QED) is 0.00950. The fourth-order valence-electron chi connectivity index (χ4n) is 9.56. The molecule has 2 aromatic heterocycles. The fourth-order valence-corrected chi connectivity index (χ4v) is 12.3. The van der Waals surface area contributed by atoms with Gasteiger partial charge >= 0.3 is 31.3 Å². The molecule has 50 heteroatoms. The van der Waals surface area contributed by atoms with Gasteiger partial charge in [0, 0.05) is 64.7 Å². The van der Waals surface area contributed by atoms with E-state index in [1.165, 1.54) is 0 Å². The molecule has 0 spiro atoms. The minimum Gasteiger partial charge on any atom is -0.483 e. The largest absolute Gasteiger partial charge is 0.483 e. The summed E-state index contributed by atoms with van der Waals surface area (Å²) >= 11 is 0. The number of aliphatic hydroxyl groups is 1. The summed E-state index contributed by atoms with van der Waals surface area (Å²) in [5.41, 5.74) is 4.69. The predicted octanol–water partition coefficient (Wildman–Crippen LogP) is 6.46. The highest BCUT2D eigenvalue weighted by atomic mass is 31.2. The third-order valence-electron chi connectivity index (χ3n) is 15.5. The van der Waals surface area contributed by atoms with Crippen LogP contribution in [0.2, 0.25) is 0 Å². The van der Waals surface area contributed by atoms with Gasteiger partial charge in [0.25, 0.3) is 11.8 Å². The lowest BCUT2D eigenvalue weighted by atomic mass is 10.1. The van der Waals surface area contributed by atoms with Crippen LogP contribution in [0, 0.1) is 0 Å². The van der Waals surface area contributed by atoms with E-state index in [9.17, 15) is 52.5 Å². The molecule has 3 aromatic carbocycles. The van der Waals surface area contributed by atoms with E-state index >= 15 is 0 Å². The maximum Gasteiger partial charge on any atom is 0.474 e. The van der Waals surface area contributed by atoms with Crippen LogP contribution in [0.4, 0.5) is 17.1 Å². The predicted molar refractivity (Wildman–Crippen MR) is 427 cm³/mol. The Morgan fingerprint density at radius 1 is 0.446 bits per heavy atom. The van der Waals surface area contributed by atoms with Crippen LogP contribution in [0.15, 0.2) is 105 Å². The Morgan fingerprint density at radius 3 is 1.25 bits per heavy atom. The number of ether oxygens (including phenoxy) is 14. The van der Waals surface area contributed by atoms with E-state index < -0.39 is 50.8 Å². The average molecular weight is 1800 g/mol. The highest BCUT2D eigenvalue weighted by molar-refractivity contribution is 7.48. The molecule has 121 heavy (non-hydrogen) atoms. The molecule has 3 heterocycles. The number of aromatic nitrogens is 6. The van der Waals surface area contributed by atoms with E-state index in [0.29, 0.717) is 106 Å². The number of aryl methyl sites for hydroxylation is 2. The number of phosphoric ester groups is 4. The fraction of sp³-hybridized carbons (Fsp3) is 0.634. The van der Waals surface area contributed by atoms with Crippen LogP contribution in [-0.4, -0.2) is 305 Å². The Kier molecular flexibility index (Phi) is 51.4. The summed E-state index contributed by atoms with van der Waals surface area (Å²) in [5.74, 6) is 0.00838. The number of amides is 2. The van der Waals surface area contributed by atoms with Crippen molar-refractivity contribution in [1.29, 1.82) is 0 Å². The number of carbonyl (C=O) groups is 2. The summed E-state index contributed by atoms with van der Waals surface area (Å²) in [4.78, 5) is 67.7. The molecule has 5 unspecified atom stereocenters. The second-order valence-corrected chi connectivity index (χ2v) is 31.4. The number of carbonyl (C=O) groups excluding carboxylic acids is 2. The number of unbranched alkanes of at least 4 members (excludes halogenated alkanes) is 3. The lowest BCUT2D eigenvalue weighted by Crippen LogP contribution is -2.26. The Bertz CT molecular complexity index is 3920. The number of hydrogen-bond donors (Lipinski definition) is 7. The third-order valence-corrected chi connectivity index (χ3v) is 19.4. The normalized spacial score (nSPS) is 14.5. The molecule has 5 atom stereocenters. The van der Waals surface area contributed by atoms with Crippen molar-refractivity contribution in [3.63, 3.8) is 0 Å². The van der Waals surface area contributed by atoms with Crippen molar-refractivity contribution in [2.24, 2.45) is 34.6 Å². The van der Waals surface area contributed by atoms with Crippen LogP contribution in [-0.2, 0) is 134 Å². The summed E-state index contributed by atoms with van der Waals surface area (Å²) < 4.78 is 168. The molecule has 0 fully saturated rings. The lowest BCUT2D eigenvalue weighted by molar-refractivity contribution is -0.0179. The Balaban J connectivity index is 0.618. The van der Waals surface area contributed by atoms with Crippen LogP contribution in [0.25, 0.3) is 0 Å². The number of anilines is 1. The molecular weight excluding hydrogens is 1690 g/mol. The summed E-state index contributed by atoms with van der Waals surface area (Å²) in [6.07, 6.45) is 6.75. The van der Waals surface area contributed by atoms with Crippen molar-refractivity contribution >= 4 is 60.2 Å². The first kappa shape index (κ1) is 103. The maximum atomic E-state index is 13.5. The second kappa shape index (κ2) is 60.5. The number of nitrogens with one attached hydrogen (secondary N) is 2. The number of azo groups is 2. The number of aliphatic hydroxyl groups excluding tert-OH is 1. The molecule has 0 aliphatic carbocycles. The smallest absolute Gasteiger partial charge is 0.474 e. The van der Waals surface area contributed by atoms with Crippen molar-refractivity contribution < 1.29 is 155 Å². The van der Waals surface area contributed by atoms with Gasteiger partial charge in [0.2, 0.25) is 5.75 Å². The topological polar surface area (TPSA) is 545 Å². The molecule has 1 aliphatic rings. The first-order valence-corrected chi connectivity index (χ1v) is 44.6. The molecule has 7 N–H and O–H groups in total. The second-order valence-electron chi connectivity index (χ2n) is 25.6. The molecule has 1 aliphatic heterocycles. The Hall–Kier alpha value is -7.02. The monoisotopic (exact) mass is 1800 g/mol. The van der Waals surface area contributed by atoms with Gasteiger partial charge in [-0.25, -0.2) is 18.3 Å². The number of benzene rings is 3. The van der Waals surface area contributed by atoms with Gasteiger partial charge in [0.05, 0.1) is 214 Å². The highest BCUT2D eigenvalue weighted by Crippen LogP contribution is 2.48. The highest BCUT2D eigenvalue weighted by Gasteiger charge is 2.29. The zero-order valence-electron chi connectivity index (χ0n) is 68.2. The minimum absolute atomic E-state index is 0.00668. The standard InChI is InChI=1S/C71H113N13O33P4/c1-82(2)65-16-14-61(15-17-65)77-76-60-12-10-58(11-13-60)70(86)73-20-9-22-106-55-66(85)56-115-121(94,95)117-57-116-120(92,93)114-47-43-105-39-35-101-31-27-97-26-30-100-34-38-104-42-46-113-119(90,91)112-45-41-103-37-33-99-29-25-96-24-28-98-32-36-102-40-44-111-118(88,89)110-23-8-6-5-7-19-72-71(87)59-48-67(107-53-63-50-83(3)80-78-63)69(109-52-62-18-21-74-75-62)68(49-59)108-54-64-51-84(4)81-79-64/h10-18,48-51,66,85H,5-9,19-47,52-57H2,1-4H3,(H,72,87)(H,73,86)(H,88,89)(H,90,91)(H,92,93)(H,94,95)/b77-76+. The van der Waals surface area contributed by atoms with Gasteiger partial charge in [-0.3, -0.25) is 55.1 Å². The van der Waals surface area contributed by atoms with Crippen molar-refractivity contribution in [2.45, 2.75) is 51.4 Å². The van der Waals surface area contributed by atoms with Crippen molar-refractivity contribution in [3.8, 4) is 17.2 Å². The van der Waals surface area contributed by atoms with Crippen LogP contribution < -0.4 is 29.7 Å². The van der Waals surface area contributed by atoms with E-state index in [0.717, 1.165) is 5.69 Å². The molecule has 0 saturated heterocycles. The molecule has 5 aromatic rings. The van der Waals surface area contributed by atoms with Crippen molar-refractivity contribution in [3.05, 3.63) is 107 Å². The van der Waals surface area contributed by atoms with E-state index in [1.54, 1.807) is 72.3 Å². The van der Waals surface area contributed by atoms with Gasteiger partial charge in [0.1, 0.15) is 37.3 Å². The molecule has 0 bridgehead atoms. The summed E-state index contributed by atoms with van der Waals surface area (Å²) in [7, 11) is -10.8. The first-order valence-electron chi connectivity index (χ1n) is 38.6. The van der Waals surface area contributed by atoms with Crippen LogP contribution in [0.5, 0.6) is 17.2 Å². The van der Waals surface area contributed by atoms with E-state index in [4.69, 9.17) is 93.5 Å². The molecule has 680 valence electrons. The first-order chi connectivity index (χ1) is 58.4. The van der Waals surface area contributed by atoms with Gasteiger partial charge in [-0.2, -0.15) is 20.5 Å². The maximum absolute atomic E-state index is 13.5. The van der Waals surface area contributed by atoms with Crippen LogP contribution in [0.1, 0.15) is 64.2 Å². The third kappa shape index (κ3) is 48.7. The molecule has 2 amide bonds. The minimum atomic E-state index is -4.83. The van der Waals surface area contributed by atoms with Gasteiger partial charge in [-0.1, -0.05) is 23.3 Å². The summed E-state index contributed by atoms with van der Waals surface area (Å²) in [5, 5.41) is 48.4. The average Bonchev–Trinajstić information content (AvgIpc) is 1.43. The van der Waals surface area contributed by atoms with E-state index in [1.807, 2.05) is 49.3 Å². The van der Waals surface area contributed by atoms with Crippen molar-refractivity contribution in [2.75, 3.05) is 237 Å². The van der Waals surface area contributed by atoms with E-state index in [-0.39, 0.29) is 213 Å². The zero-order valence-corrected chi connectivity index (χ0v) is 71.8. The molecular formula is C71H113N13O33P4. The number of rotatable bonds is 75. The summed E-state index contributed by atoms with van der Waals surface area (Å²) in [6, 6.07) is 17.3. The number of hydrogen-bond acceptors (Lipinski definition) is 38. The number of phosphoric acid groups is 4. The molecule has 0 saturated carbocycles. The van der Waals surface area contributed by atoms with E-state index in [2.05, 4.69) is 60.8 Å².